The molecule has 2 aliphatic heterocycles. The van der Waals surface area contributed by atoms with Crippen LogP contribution in [0.4, 0.5) is 4.79 Å². The molecule has 2 aliphatic rings. The molecule has 7 heteroatoms. The second kappa shape index (κ2) is 7.32. The highest BCUT2D eigenvalue weighted by Gasteiger charge is 2.33. The van der Waals surface area contributed by atoms with Crippen LogP contribution in [0, 0.1) is 0 Å². The molecule has 3 heterocycles. The van der Waals surface area contributed by atoms with Crippen molar-refractivity contribution in [1.29, 1.82) is 0 Å². The fraction of sp³-hybridized carbons (Fsp3) is 0.833. The van der Waals surface area contributed by atoms with Crippen LogP contribution in [-0.4, -0.2) is 50.0 Å². The molecule has 25 heavy (non-hydrogen) atoms. The van der Waals surface area contributed by atoms with E-state index in [-0.39, 0.29) is 18.2 Å². The quantitative estimate of drug-likeness (QED) is 0.905. The average molecular weight is 349 g/mol. The van der Waals surface area contributed by atoms with E-state index in [0.717, 1.165) is 51.0 Å². The Morgan fingerprint density at radius 2 is 2.12 bits per heavy atom. The molecule has 0 aliphatic carbocycles. The Morgan fingerprint density at radius 1 is 1.36 bits per heavy atom. The number of rotatable bonds is 4. The first-order chi connectivity index (χ1) is 11.8. The van der Waals surface area contributed by atoms with Crippen LogP contribution in [0.5, 0.6) is 0 Å². The van der Waals surface area contributed by atoms with E-state index in [1.165, 1.54) is 0 Å². The summed E-state index contributed by atoms with van der Waals surface area (Å²) in [6, 6.07) is 0.808. The predicted molar refractivity (Wildman–Crippen MR) is 95.2 cm³/mol. The van der Waals surface area contributed by atoms with Gasteiger partial charge in [0.25, 0.3) is 0 Å². The SMILES string of the molecule is C[C@H](C[C@@H]1CCCN1C(=O)OC(C)(C)C)N[C@H]1CCCn2ncnc21. The fourth-order valence-corrected chi connectivity index (χ4v) is 3.91. The molecule has 1 saturated heterocycles. The van der Waals surface area contributed by atoms with Gasteiger partial charge in [-0.05, 0) is 59.8 Å². The molecule has 1 amide bonds. The van der Waals surface area contributed by atoms with Gasteiger partial charge in [0.05, 0.1) is 6.04 Å². The average Bonchev–Trinajstić information content (AvgIpc) is 3.14. The summed E-state index contributed by atoms with van der Waals surface area (Å²) < 4.78 is 7.56. The molecule has 0 spiro atoms. The van der Waals surface area contributed by atoms with Crippen molar-refractivity contribution < 1.29 is 9.53 Å². The van der Waals surface area contributed by atoms with Crippen molar-refractivity contribution in [3.05, 3.63) is 12.2 Å². The first kappa shape index (κ1) is 18.2. The largest absolute Gasteiger partial charge is 0.444 e. The van der Waals surface area contributed by atoms with E-state index in [0.29, 0.717) is 6.04 Å². The van der Waals surface area contributed by atoms with Gasteiger partial charge in [0, 0.05) is 25.2 Å². The topological polar surface area (TPSA) is 72.3 Å². The van der Waals surface area contributed by atoms with E-state index >= 15 is 0 Å². The van der Waals surface area contributed by atoms with Crippen molar-refractivity contribution in [1.82, 2.24) is 25.0 Å². The van der Waals surface area contributed by atoms with Gasteiger partial charge < -0.3 is 15.0 Å². The molecule has 0 bridgehead atoms. The van der Waals surface area contributed by atoms with E-state index < -0.39 is 5.60 Å². The third-order valence-corrected chi connectivity index (χ3v) is 4.94. The van der Waals surface area contributed by atoms with Gasteiger partial charge in [-0.3, -0.25) is 0 Å². The van der Waals surface area contributed by atoms with E-state index in [9.17, 15) is 4.79 Å². The Hall–Kier alpha value is -1.63. The van der Waals surface area contributed by atoms with E-state index in [4.69, 9.17) is 4.74 Å². The van der Waals surface area contributed by atoms with Gasteiger partial charge in [-0.1, -0.05) is 0 Å². The summed E-state index contributed by atoms with van der Waals surface area (Å²) >= 11 is 0. The van der Waals surface area contributed by atoms with Gasteiger partial charge in [-0.2, -0.15) is 5.10 Å². The summed E-state index contributed by atoms with van der Waals surface area (Å²) in [5.41, 5.74) is -0.444. The van der Waals surface area contributed by atoms with Crippen LogP contribution in [0.15, 0.2) is 6.33 Å². The molecule has 0 aromatic carbocycles. The maximum atomic E-state index is 12.4. The van der Waals surface area contributed by atoms with E-state index in [1.54, 1.807) is 6.33 Å². The van der Waals surface area contributed by atoms with Gasteiger partial charge in [-0.15, -0.1) is 0 Å². The monoisotopic (exact) mass is 349 g/mol. The highest BCUT2D eigenvalue weighted by Crippen LogP contribution is 2.27. The minimum absolute atomic E-state index is 0.181. The Kier molecular flexibility index (Phi) is 5.32. The number of amides is 1. The van der Waals surface area contributed by atoms with Crippen molar-refractivity contribution in [3.8, 4) is 0 Å². The lowest BCUT2D eigenvalue weighted by atomic mass is 10.0. The van der Waals surface area contributed by atoms with Gasteiger partial charge in [0.1, 0.15) is 17.8 Å². The van der Waals surface area contributed by atoms with Crippen molar-refractivity contribution in [3.63, 3.8) is 0 Å². The molecule has 3 atom stereocenters. The zero-order valence-corrected chi connectivity index (χ0v) is 15.9. The number of carbonyl (C=O) groups is 1. The number of nitrogens with one attached hydrogen (secondary N) is 1. The first-order valence-corrected chi connectivity index (χ1v) is 9.47. The van der Waals surface area contributed by atoms with Gasteiger partial charge in [0.2, 0.25) is 0 Å². The summed E-state index contributed by atoms with van der Waals surface area (Å²) in [5, 5.41) is 7.98. The number of nitrogens with zero attached hydrogens (tertiary/aromatic N) is 4. The Morgan fingerprint density at radius 3 is 2.88 bits per heavy atom. The Bertz CT molecular complexity index is 595. The van der Waals surface area contributed by atoms with Crippen molar-refractivity contribution in [2.24, 2.45) is 0 Å². The number of aryl methyl sites for hydroxylation is 1. The smallest absolute Gasteiger partial charge is 0.410 e. The van der Waals surface area contributed by atoms with Crippen LogP contribution >= 0.6 is 0 Å². The Balaban J connectivity index is 1.56. The number of hydrogen-bond acceptors (Lipinski definition) is 5. The van der Waals surface area contributed by atoms with Gasteiger partial charge in [-0.25, -0.2) is 14.5 Å². The molecule has 1 N–H and O–H groups in total. The second-order valence-electron chi connectivity index (χ2n) is 8.31. The summed E-state index contributed by atoms with van der Waals surface area (Å²) in [5.74, 6) is 1.04. The van der Waals surface area contributed by atoms with Crippen LogP contribution in [-0.2, 0) is 11.3 Å². The van der Waals surface area contributed by atoms with Crippen LogP contribution in [0.3, 0.4) is 0 Å². The number of likely N-dealkylation sites (tertiary alicyclic amines) is 1. The van der Waals surface area contributed by atoms with Gasteiger partial charge >= 0.3 is 6.09 Å². The number of fused-ring (bicyclic) bond motifs is 1. The minimum Gasteiger partial charge on any atom is -0.444 e. The standard InChI is InChI=1S/C18H31N5O2/c1-13(21-15-8-6-10-23-16(15)19-12-20-23)11-14-7-5-9-22(14)17(24)25-18(2,3)4/h12-15,21H,5-11H2,1-4H3/t13-,14+,15+/m1/s1. The van der Waals surface area contributed by atoms with Crippen LogP contribution in [0.2, 0.25) is 0 Å². The molecule has 0 unspecified atom stereocenters. The Labute approximate surface area is 150 Å². The van der Waals surface area contributed by atoms with Crippen molar-refractivity contribution in [2.45, 2.75) is 90.1 Å². The molecule has 1 aromatic rings. The lowest BCUT2D eigenvalue weighted by Gasteiger charge is -2.32. The fourth-order valence-electron chi connectivity index (χ4n) is 3.91. The molecular weight excluding hydrogens is 318 g/mol. The normalized spacial score (nSPS) is 24.9. The van der Waals surface area contributed by atoms with Gasteiger partial charge in [0.15, 0.2) is 0 Å². The summed E-state index contributed by atoms with van der Waals surface area (Å²) in [6.07, 6.45) is 6.70. The molecule has 1 fully saturated rings. The second-order valence-corrected chi connectivity index (χ2v) is 8.31. The lowest BCUT2D eigenvalue weighted by molar-refractivity contribution is 0.0213. The van der Waals surface area contributed by atoms with Crippen LogP contribution in [0.1, 0.15) is 71.7 Å². The molecule has 140 valence electrons. The van der Waals surface area contributed by atoms with Crippen molar-refractivity contribution >= 4 is 6.09 Å². The molecule has 0 saturated carbocycles. The molecule has 7 nitrogen and oxygen atoms in total. The molecule has 1 aromatic heterocycles. The maximum absolute atomic E-state index is 12.4. The highest BCUT2D eigenvalue weighted by molar-refractivity contribution is 5.68. The van der Waals surface area contributed by atoms with Crippen LogP contribution < -0.4 is 5.32 Å². The third kappa shape index (κ3) is 4.51. The van der Waals surface area contributed by atoms with E-state index in [2.05, 4.69) is 22.3 Å². The summed E-state index contributed by atoms with van der Waals surface area (Å²) in [7, 11) is 0. The number of hydrogen-bond donors (Lipinski definition) is 1. The zero-order valence-electron chi connectivity index (χ0n) is 15.9. The third-order valence-electron chi connectivity index (χ3n) is 4.94. The first-order valence-electron chi connectivity index (χ1n) is 9.47. The predicted octanol–water partition coefficient (Wildman–Crippen LogP) is 2.88. The van der Waals surface area contributed by atoms with Crippen LogP contribution in [0.25, 0.3) is 0 Å². The number of aromatic nitrogens is 3. The molecule has 0 radical (unpaired) electrons. The zero-order chi connectivity index (χ0) is 18.0. The van der Waals surface area contributed by atoms with E-state index in [1.807, 2.05) is 30.4 Å². The molecular formula is C18H31N5O2. The maximum Gasteiger partial charge on any atom is 0.410 e. The minimum atomic E-state index is -0.444. The van der Waals surface area contributed by atoms with Crippen molar-refractivity contribution in [2.75, 3.05) is 6.54 Å². The summed E-state index contributed by atoms with van der Waals surface area (Å²) in [4.78, 5) is 18.8. The number of ether oxygens (including phenoxy) is 1. The summed E-state index contributed by atoms with van der Waals surface area (Å²) in [6.45, 7) is 9.69. The molecule has 3 rings (SSSR count). The number of carbonyl (C=O) groups excluding carboxylic acids is 1. The lowest BCUT2D eigenvalue weighted by Crippen LogP contribution is -2.43. The highest BCUT2D eigenvalue weighted by atomic mass is 16.6.